The van der Waals surface area contributed by atoms with Crippen molar-refractivity contribution in [2.24, 2.45) is 11.8 Å². The van der Waals surface area contributed by atoms with Crippen molar-refractivity contribution in [2.75, 3.05) is 0 Å². The van der Waals surface area contributed by atoms with Crippen LogP contribution in [0.1, 0.15) is 19.3 Å². The summed E-state index contributed by atoms with van der Waals surface area (Å²) in [7, 11) is 0. The summed E-state index contributed by atoms with van der Waals surface area (Å²) >= 11 is 13.3. The van der Waals surface area contributed by atoms with Gasteiger partial charge in [0.1, 0.15) is 3.14 Å². The summed E-state index contributed by atoms with van der Waals surface area (Å²) in [6.45, 7) is 0. The third-order valence-corrected chi connectivity index (χ3v) is 10.4. The van der Waals surface area contributed by atoms with Gasteiger partial charge in [-0.05, 0) is 31.1 Å². The summed E-state index contributed by atoms with van der Waals surface area (Å²) in [6.07, 6.45) is 4.49. The first-order valence-corrected chi connectivity index (χ1v) is 9.08. The third-order valence-electron chi connectivity index (χ3n) is 3.77. The number of hydrogen-bond donors (Lipinski definition) is 0. The minimum Gasteiger partial charge on any atom is -0.109 e. The fourth-order valence-electron chi connectivity index (χ4n) is 3.16. The maximum Gasteiger partial charge on any atom is 0.145 e. The van der Waals surface area contributed by atoms with E-state index in [1.165, 1.54) is 27.7 Å². The smallest absolute Gasteiger partial charge is 0.109 e. The second-order valence-corrected chi connectivity index (χ2v) is 10.6. The van der Waals surface area contributed by atoms with Crippen LogP contribution in [-0.2, 0) is 0 Å². The molecule has 0 saturated heterocycles. The Balaban J connectivity index is 1.77. The maximum atomic E-state index is 5.30. The molecule has 0 N–H and O–H groups in total. The Morgan fingerprint density at radius 2 is 1.47 bits per heavy atom. The highest BCUT2D eigenvalue weighted by atomic mass is 32.2. The van der Waals surface area contributed by atoms with E-state index in [9.17, 15) is 0 Å². The molecule has 0 radical (unpaired) electrons. The maximum absolute atomic E-state index is 5.30. The van der Waals surface area contributed by atoms with Crippen LogP contribution in [0.5, 0.6) is 0 Å². The molecule has 4 atom stereocenters. The van der Waals surface area contributed by atoms with Crippen LogP contribution in [0.2, 0.25) is 0 Å². The summed E-state index contributed by atoms with van der Waals surface area (Å²) in [4.78, 5) is 0. The Morgan fingerprint density at radius 1 is 0.933 bits per heavy atom. The molecule has 2 bridgehead atoms. The van der Waals surface area contributed by atoms with Gasteiger partial charge in [0.15, 0.2) is 0 Å². The van der Waals surface area contributed by atoms with E-state index in [1.54, 1.807) is 0 Å². The SMILES string of the molecule is S=c1sc2c(s1)S[C@H]1[C@H]3CC[C@@H](C3)[C@H]1S2. The number of hydrogen-bond acceptors (Lipinski definition) is 5. The zero-order chi connectivity index (χ0) is 9.99. The van der Waals surface area contributed by atoms with E-state index in [0.29, 0.717) is 0 Å². The predicted octanol–water partition coefficient (Wildman–Crippen LogP) is 4.90. The molecule has 2 heterocycles. The van der Waals surface area contributed by atoms with Gasteiger partial charge in [-0.1, -0.05) is 12.2 Å². The standard InChI is InChI=1S/C10H10S5/c11-10-14-8-9(15-10)13-7-5-2-1-4(3-5)6(7)12-8/h4-7H,1-3H2/t4-,5-,6-,7+/m0/s1. The van der Waals surface area contributed by atoms with Gasteiger partial charge in [0.25, 0.3) is 0 Å². The lowest BCUT2D eigenvalue weighted by atomic mass is 10.00. The van der Waals surface area contributed by atoms with E-state index in [0.717, 1.165) is 25.5 Å². The van der Waals surface area contributed by atoms with Crippen molar-refractivity contribution in [3.8, 4) is 0 Å². The lowest BCUT2D eigenvalue weighted by Gasteiger charge is -2.32. The Hall–Kier alpha value is 0.970. The van der Waals surface area contributed by atoms with Crippen molar-refractivity contribution in [1.29, 1.82) is 0 Å². The van der Waals surface area contributed by atoms with Crippen LogP contribution >= 0.6 is 58.4 Å². The van der Waals surface area contributed by atoms with E-state index in [2.05, 4.69) is 23.5 Å². The molecule has 15 heavy (non-hydrogen) atoms. The molecule has 1 aromatic heterocycles. The molecule has 2 saturated carbocycles. The second-order valence-electron chi connectivity index (χ2n) is 4.53. The highest BCUT2D eigenvalue weighted by molar-refractivity contribution is 8.09. The van der Waals surface area contributed by atoms with Gasteiger partial charge in [-0.3, -0.25) is 0 Å². The quantitative estimate of drug-likeness (QED) is 0.624. The fourth-order valence-corrected chi connectivity index (χ4v) is 10.7. The van der Waals surface area contributed by atoms with Crippen LogP contribution < -0.4 is 0 Å². The van der Waals surface area contributed by atoms with E-state index >= 15 is 0 Å². The number of rotatable bonds is 0. The Bertz CT molecular complexity index is 420. The summed E-state index contributed by atoms with van der Waals surface area (Å²) < 4.78 is 4.18. The Kier molecular flexibility index (Phi) is 2.31. The van der Waals surface area contributed by atoms with Crippen molar-refractivity contribution in [3.05, 3.63) is 3.14 Å². The lowest BCUT2D eigenvalue weighted by Crippen LogP contribution is -2.28. The van der Waals surface area contributed by atoms with Crippen LogP contribution in [-0.4, -0.2) is 10.5 Å². The van der Waals surface area contributed by atoms with Crippen LogP contribution in [0.4, 0.5) is 0 Å². The fraction of sp³-hybridized carbons (Fsp3) is 0.700. The van der Waals surface area contributed by atoms with Crippen LogP contribution in [0.15, 0.2) is 8.42 Å². The van der Waals surface area contributed by atoms with Gasteiger partial charge in [0.2, 0.25) is 0 Å². The third kappa shape index (κ3) is 1.43. The first-order valence-electron chi connectivity index (χ1n) is 5.28. The average Bonchev–Trinajstić information content (AvgIpc) is 2.85. The molecule has 0 nitrogen and oxygen atoms in total. The highest BCUT2D eigenvalue weighted by Crippen LogP contribution is 2.62. The first-order chi connectivity index (χ1) is 7.31. The van der Waals surface area contributed by atoms with Gasteiger partial charge in [-0.2, -0.15) is 0 Å². The van der Waals surface area contributed by atoms with Crippen LogP contribution in [0.3, 0.4) is 0 Å². The normalized spacial score (nSPS) is 41.6. The molecule has 0 unspecified atom stereocenters. The number of thioether (sulfide) groups is 2. The van der Waals surface area contributed by atoms with E-state index in [4.69, 9.17) is 12.2 Å². The number of fused-ring (bicyclic) bond motifs is 6. The first kappa shape index (κ1) is 9.95. The van der Waals surface area contributed by atoms with Gasteiger partial charge in [-0.25, -0.2) is 0 Å². The molecule has 0 aromatic carbocycles. The molecule has 3 aliphatic rings. The van der Waals surface area contributed by atoms with Gasteiger partial charge in [0.05, 0.1) is 8.42 Å². The molecule has 0 spiro atoms. The summed E-state index contributed by atoms with van der Waals surface area (Å²) in [5.41, 5.74) is 0. The van der Waals surface area contributed by atoms with Crippen molar-refractivity contribution in [1.82, 2.24) is 0 Å². The van der Waals surface area contributed by atoms with Gasteiger partial charge in [-0.15, -0.1) is 46.2 Å². The zero-order valence-electron chi connectivity index (χ0n) is 7.97. The summed E-state index contributed by atoms with van der Waals surface area (Å²) in [5, 5.41) is 1.84. The molecule has 2 fully saturated rings. The molecule has 1 aliphatic heterocycles. The largest absolute Gasteiger partial charge is 0.145 e. The van der Waals surface area contributed by atoms with Crippen molar-refractivity contribution in [3.63, 3.8) is 0 Å². The monoisotopic (exact) mass is 290 g/mol. The molecule has 2 aliphatic carbocycles. The van der Waals surface area contributed by atoms with E-state index < -0.39 is 0 Å². The lowest BCUT2D eigenvalue weighted by molar-refractivity contribution is 0.502. The Morgan fingerprint density at radius 3 is 2.00 bits per heavy atom. The van der Waals surface area contributed by atoms with Crippen molar-refractivity contribution < 1.29 is 0 Å². The summed E-state index contributed by atoms with van der Waals surface area (Å²) in [5.74, 6) is 2.04. The van der Waals surface area contributed by atoms with Crippen LogP contribution in [0.25, 0.3) is 0 Å². The summed E-state index contributed by atoms with van der Waals surface area (Å²) in [6, 6.07) is 0. The molecule has 4 rings (SSSR count). The zero-order valence-corrected chi connectivity index (χ0v) is 12.1. The van der Waals surface area contributed by atoms with Gasteiger partial charge < -0.3 is 0 Å². The van der Waals surface area contributed by atoms with Crippen molar-refractivity contribution in [2.45, 2.75) is 38.2 Å². The minimum absolute atomic E-state index is 0.918. The molecule has 80 valence electrons. The predicted molar refractivity (Wildman–Crippen MR) is 73.2 cm³/mol. The highest BCUT2D eigenvalue weighted by Gasteiger charge is 2.50. The Labute approximate surface area is 111 Å². The van der Waals surface area contributed by atoms with Gasteiger partial charge >= 0.3 is 0 Å². The topological polar surface area (TPSA) is 0 Å². The molecular weight excluding hydrogens is 280 g/mol. The van der Waals surface area contributed by atoms with E-state index in [-0.39, 0.29) is 0 Å². The molecular formula is C10H10S5. The van der Waals surface area contributed by atoms with Crippen LogP contribution in [0, 0.1) is 15.0 Å². The average molecular weight is 291 g/mol. The molecule has 1 aromatic rings. The van der Waals surface area contributed by atoms with E-state index in [1.807, 2.05) is 22.7 Å². The molecule has 0 amide bonds. The van der Waals surface area contributed by atoms with Crippen molar-refractivity contribution >= 4 is 58.4 Å². The molecule has 5 heteroatoms. The van der Waals surface area contributed by atoms with Gasteiger partial charge in [0, 0.05) is 10.5 Å². The second kappa shape index (κ2) is 3.48. The minimum atomic E-state index is 0.918.